The Labute approximate surface area is 158 Å². The van der Waals surface area contributed by atoms with Crippen LogP contribution in [0.25, 0.3) is 0 Å². The first-order valence-corrected chi connectivity index (χ1v) is 10.2. The average Bonchev–Trinajstić information content (AvgIpc) is 3.08. The molecule has 2 aliphatic rings. The highest BCUT2D eigenvalue weighted by Crippen LogP contribution is 2.64. The van der Waals surface area contributed by atoms with Gasteiger partial charge in [-0.3, -0.25) is 4.79 Å². The fourth-order valence-electron chi connectivity index (χ4n) is 2.80. The van der Waals surface area contributed by atoms with E-state index in [0.29, 0.717) is 38.3 Å². The van der Waals surface area contributed by atoms with E-state index >= 15 is 0 Å². The third kappa shape index (κ3) is 3.53. The van der Waals surface area contributed by atoms with Crippen LogP contribution in [0.2, 0.25) is 0 Å². The minimum Gasteiger partial charge on any atom is -0.326 e. The number of hydrogen-bond acceptors (Lipinski definition) is 4. The van der Waals surface area contributed by atoms with Gasteiger partial charge in [-0.15, -0.1) is 23.2 Å². The SMILES string of the molecule is CN1CCN(S(=O)(=O)c2ccc(NC(=O)C3(C)CC3(Cl)Cl)cc2)CC1. The van der Waals surface area contributed by atoms with Crippen LogP contribution >= 0.6 is 23.2 Å². The Kier molecular flexibility index (Phi) is 4.83. The van der Waals surface area contributed by atoms with E-state index in [1.165, 1.54) is 16.4 Å². The Morgan fingerprint density at radius 3 is 2.12 bits per heavy atom. The van der Waals surface area contributed by atoms with Crippen LogP contribution in [-0.4, -0.2) is 61.1 Å². The smallest absolute Gasteiger partial charge is 0.243 e. The molecule has 1 N–H and O–H groups in total. The second-order valence-corrected chi connectivity index (χ2v) is 10.3. The summed E-state index contributed by atoms with van der Waals surface area (Å²) in [7, 11) is -1.54. The van der Waals surface area contributed by atoms with Crippen molar-refractivity contribution in [1.29, 1.82) is 0 Å². The van der Waals surface area contributed by atoms with E-state index in [1.54, 1.807) is 19.1 Å². The lowest BCUT2D eigenvalue weighted by atomic mass is 10.1. The van der Waals surface area contributed by atoms with Crippen molar-refractivity contribution in [2.45, 2.75) is 22.6 Å². The molecule has 1 saturated carbocycles. The highest BCUT2D eigenvalue weighted by Gasteiger charge is 2.67. The quantitative estimate of drug-likeness (QED) is 0.778. The van der Waals surface area contributed by atoms with Gasteiger partial charge >= 0.3 is 0 Å². The first-order chi connectivity index (χ1) is 11.6. The number of benzene rings is 1. The topological polar surface area (TPSA) is 69.7 Å². The number of likely N-dealkylation sites (N-methyl/N-ethyl adjacent to an activating group) is 1. The molecule has 1 aromatic rings. The zero-order valence-electron chi connectivity index (χ0n) is 14.1. The van der Waals surface area contributed by atoms with Gasteiger partial charge in [0.25, 0.3) is 0 Å². The van der Waals surface area contributed by atoms with E-state index in [2.05, 4.69) is 10.2 Å². The average molecular weight is 406 g/mol. The van der Waals surface area contributed by atoms with E-state index < -0.39 is 19.8 Å². The van der Waals surface area contributed by atoms with Gasteiger partial charge < -0.3 is 10.2 Å². The van der Waals surface area contributed by atoms with Gasteiger partial charge in [0.1, 0.15) is 4.33 Å². The molecule has 1 heterocycles. The number of hydrogen-bond donors (Lipinski definition) is 1. The van der Waals surface area contributed by atoms with Crippen molar-refractivity contribution in [3.05, 3.63) is 24.3 Å². The molecule has 1 aliphatic heterocycles. The molecule has 1 atom stereocenters. The van der Waals surface area contributed by atoms with E-state index in [0.717, 1.165) is 0 Å². The second-order valence-electron chi connectivity index (χ2n) is 6.90. The molecule has 6 nitrogen and oxygen atoms in total. The number of carbonyl (C=O) groups is 1. The highest BCUT2D eigenvalue weighted by molar-refractivity contribution is 7.89. The standard InChI is InChI=1S/C16H21Cl2N3O3S/c1-15(11-16(15,17)18)14(22)19-12-3-5-13(6-4-12)25(23,24)21-9-7-20(2)8-10-21/h3-6H,7-11H2,1-2H3,(H,19,22). The van der Waals surface area contributed by atoms with Crippen molar-refractivity contribution in [1.82, 2.24) is 9.21 Å². The van der Waals surface area contributed by atoms with Gasteiger partial charge in [0.05, 0.1) is 10.3 Å². The Morgan fingerprint density at radius 2 is 1.64 bits per heavy atom. The maximum atomic E-state index is 12.7. The number of anilines is 1. The third-order valence-corrected chi connectivity index (χ3v) is 7.99. The van der Waals surface area contributed by atoms with Crippen LogP contribution in [0.5, 0.6) is 0 Å². The zero-order chi connectivity index (χ0) is 18.5. The number of nitrogens with one attached hydrogen (secondary N) is 1. The maximum absolute atomic E-state index is 12.7. The summed E-state index contributed by atoms with van der Waals surface area (Å²) in [5, 5.41) is 2.74. The molecule has 1 unspecified atom stereocenters. The minimum atomic E-state index is -3.51. The highest BCUT2D eigenvalue weighted by atomic mass is 35.5. The molecule has 9 heteroatoms. The van der Waals surface area contributed by atoms with Gasteiger partial charge in [0.2, 0.25) is 15.9 Å². The molecule has 25 heavy (non-hydrogen) atoms. The summed E-state index contributed by atoms with van der Waals surface area (Å²) in [6.07, 6.45) is 0.394. The summed E-state index contributed by atoms with van der Waals surface area (Å²) in [4.78, 5) is 14.6. The first kappa shape index (κ1) is 18.9. The van der Waals surface area contributed by atoms with E-state index in [4.69, 9.17) is 23.2 Å². The van der Waals surface area contributed by atoms with Crippen LogP contribution < -0.4 is 5.32 Å². The van der Waals surface area contributed by atoms with Gasteiger partial charge in [-0.25, -0.2) is 8.42 Å². The Bertz CT molecular complexity index is 774. The lowest BCUT2D eigenvalue weighted by molar-refractivity contribution is -0.120. The lowest BCUT2D eigenvalue weighted by Crippen LogP contribution is -2.46. The number of amides is 1. The van der Waals surface area contributed by atoms with Crippen LogP contribution in [0.3, 0.4) is 0 Å². The summed E-state index contributed by atoms with van der Waals surface area (Å²) >= 11 is 12.0. The molecule has 1 aliphatic carbocycles. The minimum absolute atomic E-state index is 0.219. The van der Waals surface area contributed by atoms with Gasteiger partial charge in [0.15, 0.2) is 0 Å². The van der Waals surface area contributed by atoms with E-state index in [-0.39, 0.29) is 10.8 Å². The van der Waals surface area contributed by atoms with Gasteiger partial charge in [-0.2, -0.15) is 4.31 Å². The number of nitrogens with zero attached hydrogens (tertiary/aromatic N) is 2. The van der Waals surface area contributed by atoms with Crippen molar-refractivity contribution in [3.63, 3.8) is 0 Å². The van der Waals surface area contributed by atoms with Crippen molar-refractivity contribution in [2.24, 2.45) is 5.41 Å². The molecule has 1 amide bonds. The number of alkyl halides is 2. The maximum Gasteiger partial charge on any atom is 0.243 e. The summed E-state index contributed by atoms with van der Waals surface area (Å²) in [6, 6.07) is 6.17. The number of carbonyl (C=O) groups excluding carboxylic acids is 1. The molecular formula is C16H21Cl2N3O3S. The number of halogens is 2. The largest absolute Gasteiger partial charge is 0.326 e. The summed E-state index contributed by atoms with van der Waals surface area (Å²) in [5.74, 6) is -0.271. The first-order valence-electron chi connectivity index (χ1n) is 8.04. The van der Waals surface area contributed by atoms with Gasteiger partial charge in [0, 0.05) is 31.9 Å². The van der Waals surface area contributed by atoms with Crippen LogP contribution in [0, 0.1) is 5.41 Å². The number of piperazine rings is 1. The summed E-state index contributed by atoms with van der Waals surface area (Å²) < 4.78 is 25.8. The Hall–Kier alpha value is -0.860. The van der Waals surface area contributed by atoms with Crippen molar-refractivity contribution in [3.8, 4) is 0 Å². The molecule has 138 valence electrons. The van der Waals surface area contributed by atoms with Crippen LogP contribution in [0.4, 0.5) is 5.69 Å². The molecule has 1 aromatic carbocycles. The van der Waals surface area contributed by atoms with E-state index in [1.807, 2.05) is 7.05 Å². The number of rotatable bonds is 4. The van der Waals surface area contributed by atoms with Crippen molar-refractivity contribution >= 4 is 44.8 Å². The molecule has 0 radical (unpaired) electrons. The third-order valence-electron chi connectivity index (χ3n) is 4.97. The van der Waals surface area contributed by atoms with Crippen molar-refractivity contribution < 1.29 is 13.2 Å². The zero-order valence-corrected chi connectivity index (χ0v) is 16.5. The van der Waals surface area contributed by atoms with Gasteiger partial charge in [-0.05, 0) is 44.7 Å². The molecule has 2 fully saturated rings. The molecule has 0 aromatic heterocycles. The predicted octanol–water partition coefficient (Wildman–Crippen LogP) is 2.15. The molecule has 0 bridgehead atoms. The summed E-state index contributed by atoms with van der Waals surface area (Å²) in [6.45, 7) is 4.08. The molecule has 0 spiro atoms. The molecule has 1 saturated heterocycles. The molecule has 3 rings (SSSR count). The van der Waals surface area contributed by atoms with Crippen LogP contribution in [0.1, 0.15) is 13.3 Å². The summed E-state index contributed by atoms with van der Waals surface area (Å²) in [5.41, 5.74) is -0.305. The van der Waals surface area contributed by atoms with Crippen molar-refractivity contribution in [2.75, 3.05) is 38.5 Å². The van der Waals surface area contributed by atoms with E-state index in [9.17, 15) is 13.2 Å². The van der Waals surface area contributed by atoms with Crippen LogP contribution in [0.15, 0.2) is 29.2 Å². The normalized spacial score (nSPS) is 27.0. The number of sulfonamides is 1. The molecular weight excluding hydrogens is 385 g/mol. The monoisotopic (exact) mass is 405 g/mol. The fourth-order valence-corrected chi connectivity index (χ4v) is 4.93. The Balaban J connectivity index is 1.69. The van der Waals surface area contributed by atoms with Gasteiger partial charge in [-0.1, -0.05) is 0 Å². The fraction of sp³-hybridized carbons (Fsp3) is 0.562. The predicted molar refractivity (Wildman–Crippen MR) is 98.5 cm³/mol. The van der Waals surface area contributed by atoms with Crippen LogP contribution in [-0.2, 0) is 14.8 Å². The second kappa shape index (κ2) is 6.39. The Morgan fingerprint density at radius 1 is 1.12 bits per heavy atom. The lowest BCUT2D eigenvalue weighted by Gasteiger charge is -2.31.